The van der Waals surface area contributed by atoms with E-state index in [9.17, 15) is 13.6 Å². The molecule has 0 radical (unpaired) electrons. The van der Waals surface area contributed by atoms with Crippen molar-refractivity contribution in [1.29, 1.82) is 0 Å². The number of hydrogen-bond donors (Lipinski definition) is 1. The number of carboxylic acids is 1. The van der Waals surface area contributed by atoms with Crippen LogP contribution in [0.4, 0.5) is 14.6 Å². The summed E-state index contributed by atoms with van der Waals surface area (Å²) < 4.78 is 28.2. The first-order valence-corrected chi connectivity index (χ1v) is 7.80. The number of rotatable bonds is 5. The Morgan fingerprint density at radius 1 is 1.33 bits per heavy atom. The summed E-state index contributed by atoms with van der Waals surface area (Å²) in [5.74, 6) is 0.879. The first-order chi connectivity index (χ1) is 11.5. The highest BCUT2D eigenvalue weighted by Crippen LogP contribution is 2.46. The Labute approximate surface area is 136 Å². The zero-order valence-electron chi connectivity index (χ0n) is 12.8. The van der Waals surface area contributed by atoms with E-state index in [2.05, 4.69) is 15.0 Å². The summed E-state index contributed by atoms with van der Waals surface area (Å²) >= 11 is 0. The molecule has 1 aliphatic heterocycles. The van der Waals surface area contributed by atoms with Crippen molar-refractivity contribution in [1.82, 2.24) is 14.8 Å². The third kappa shape index (κ3) is 2.72. The number of piperidine rings is 1. The summed E-state index contributed by atoms with van der Waals surface area (Å²) in [6.45, 7) is 1.84. The van der Waals surface area contributed by atoms with Crippen molar-refractivity contribution < 1.29 is 18.7 Å². The number of aromatic nitrogens is 3. The molecule has 1 saturated heterocycles. The van der Waals surface area contributed by atoms with Gasteiger partial charge in [0.1, 0.15) is 11.5 Å². The SMILES string of the molecule is O=C(O)c1cnn(Cc2ccc(N3CC4CC4C3)nc2C(F)F)c1. The van der Waals surface area contributed by atoms with Crippen molar-refractivity contribution in [3.63, 3.8) is 0 Å². The summed E-state index contributed by atoms with van der Waals surface area (Å²) in [7, 11) is 0. The number of alkyl halides is 2. The van der Waals surface area contributed by atoms with Gasteiger partial charge in [0.15, 0.2) is 0 Å². The number of carbonyl (C=O) groups is 1. The number of fused-ring (bicyclic) bond motifs is 1. The van der Waals surface area contributed by atoms with E-state index in [1.54, 1.807) is 12.1 Å². The van der Waals surface area contributed by atoms with Crippen molar-refractivity contribution in [2.45, 2.75) is 19.4 Å². The number of hydrogen-bond acceptors (Lipinski definition) is 4. The fourth-order valence-electron chi connectivity index (χ4n) is 3.31. The predicted octanol–water partition coefficient (Wildman–Crippen LogP) is 2.42. The normalized spacial score (nSPS) is 22.0. The molecule has 1 N–H and O–H groups in total. The van der Waals surface area contributed by atoms with E-state index < -0.39 is 12.4 Å². The average Bonchev–Trinajstić information content (AvgIpc) is 2.97. The van der Waals surface area contributed by atoms with E-state index in [0.717, 1.165) is 13.1 Å². The second-order valence-corrected chi connectivity index (χ2v) is 6.41. The lowest BCUT2D eigenvalue weighted by Crippen LogP contribution is -2.23. The standard InChI is InChI=1S/C16H16F2N4O2/c17-15(18)14-9(7-22-8-12(4-19-22)16(23)24)1-2-13(20-14)21-5-10-3-11(10)6-21/h1-2,4,8,10-11,15H,3,5-7H2,(H,23,24). The van der Waals surface area contributed by atoms with Crippen molar-refractivity contribution in [3.8, 4) is 0 Å². The Hall–Kier alpha value is -2.51. The highest BCUT2D eigenvalue weighted by atomic mass is 19.3. The maximum atomic E-state index is 13.4. The highest BCUT2D eigenvalue weighted by Gasteiger charge is 2.45. The molecular formula is C16H16F2N4O2. The minimum absolute atomic E-state index is 0.0227. The molecule has 0 bridgehead atoms. The van der Waals surface area contributed by atoms with E-state index in [1.807, 2.05) is 0 Å². The molecule has 2 aliphatic rings. The molecule has 0 amide bonds. The van der Waals surface area contributed by atoms with Crippen molar-refractivity contribution in [3.05, 3.63) is 41.3 Å². The largest absolute Gasteiger partial charge is 0.478 e. The van der Waals surface area contributed by atoms with Crippen LogP contribution in [0.15, 0.2) is 24.5 Å². The van der Waals surface area contributed by atoms with Crippen LogP contribution in [0.2, 0.25) is 0 Å². The van der Waals surface area contributed by atoms with Gasteiger partial charge in [-0.3, -0.25) is 4.68 Å². The summed E-state index contributed by atoms with van der Waals surface area (Å²) in [4.78, 5) is 17.1. The van der Waals surface area contributed by atoms with Gasteiger partial charge in [-0.15, -0.1) is 0 Å². The van der Waals surface area contributed by atoms with Crippen LogP contribution in [0, 0.1) is 11.8 Å². The molecule has 0 aromatic carbocycles. The molecule has 0 spiro atoms. The Morgan fingerprint density at radius 3 is 2.71 bits per heavy atom. The van der Waals surface area contributed by atoms with Gasteiger partial charge in [0.2, 0.25) is 0 Å². The minimum atomic E-state index is -2.69. The van der Waals surface area contributed by atoms with Crippen molar-refractivity contribution in [2.75, 3.05) is 18.0 Å². The molecule has 126 valence electrons. The molecule has 2 fully saturated rings. The second-order valence-electron chi connectivity index (χ2n) is 6.41. The van der Waals surface area contributed by atoms with E-state index in [0.29, 0.717) is 23.2 Å². The van der Waals surface area contributed by atoms with E-state index in [4.69, 9.17) is 5.11 Å². The fourth-order valence-corrected chi connectivity index (χ4v) is 3.31. The van der Waals surface area contributed by atoms with Crippen LogP contribution >= 0.6 is 0 Å². The van der Waals surface area contributed by atoms with Crippen LogP contribution in [0.25, 0.3) is 0 Å². The molecule has 6 nitrogen and oxygen atoms in total. The third-order valence-electron chi connectivity index (χ3n) is 4.72. The minimum Gasteiger partial charge on any atom is -0.478 e. The van der Waals surface area contributed by atoms with Crippen LogP contribution < -0.4 is 4.90 Å². The monoisotopic (exact) mass is 334 g/mol. The lowest BCUT2D eigenvalue weighted by atomic mass is 10.2. The van der Waals surface area contributed by atoms with Gasteiger partial charge in [-0.2, -0.15) is 5.10 Å². The maximum Gasteiger partial charge on any atom is 0.338 e. The smallest absolute Gasteiger partial charge is 0.338 e. The molecule has 1 saturated carbocycles. The number of aromatic carboxylic acids is 1. The van der Waals surface area contributed by atoms with Gasteiger partial charge in [-0.1, -0.05) is 6.07 Å². The summed E-state index contributed by atoms with van der Waals surface area (Å²) in [6, 6.07) is 3.39. The number of pyridine rings is 1. The lowest BCUT2D eigenvalue weighted by molar-refractivity contribution is 0.0696. The average molecular weight is 334 g/mol. The van der Waals surface area contributed by atoms with Crippen molar-refractivity contribution >= 4 is 11.8 Å². The molecule has 1 aliphatic carbocycles. The van der Waals surface area contributed by atoms with Gasteiger partial charge in [0.05, 0.1) is 18.3 Å². The summed E-state index contributed by atoms with van der Waals surface area (Å²) in [6.07, 6.45) is 1.07. The topological polar surface area (TPSA) is 71.2 Å². The van der Waals surface area contributed by atoms with E-state index in [-0.39, 0.29) is 17.8 Å². The first-order valence-electron chi connectivity index (χ1n) is 7.80. The number of carboxylic acid groups (broad SMARTS) is 1. The molecule has 2 aromatic rings. The third-order valence-corrected chi connectivity index (χ3v) is 4.72. The zero-order valence-corrected chi connectivity index (χ0v) is 12.8. The summed E-state index contributed by atoms with van der Waals surface area (Å²) in [5.41, 5.74) is 0.105. The van der Waals surface area contributed by atoms with Crippen LogP contribution in [0.3, 0.4) is 0 Å². The van der Waals surface area contributed by atoms with E-state index in [1.165, 1.54) is 23.5 Å². The van der Waals surface area contributed by atoms with Crippen molar-refractivity contribution in [2.24, 2.45) is 11.8 Å². The number of nitrogens with zero attached hydrogens (tertiary/aromatic N) is 4. The van der Waals surface area contributed by atoms with Crippen LogP contribution in [0.1, 0.15) is 34.5 Å². The predicted molar refractivity (Wildman–Crippen MR) is 81.3 cm³/mol. The Kier molecular flexibility index (Phi) is 3.47. The molecule has 8 heteroatoms. The van der Waals surface area contributed by atoms with Crippen LogP contribution in [-0.4, -0.2) is 38.9 Å². The van der Waals surface area contributed by atoms with Gasteiger partial charge in [-0.05, 0) is 24.3 Å². The van der Waals surface area contributed by atoms with Gasteiger partial charge in [0, 0.05) is 24.8 Å². The van der Waals surface area contributed by atoms with Crippen LogP contribution in [0.5, 0.6) is 0 Å². The second kappa shape index (κ2) is 5.54. The highest BCUT2D eigenvalue weighted by molar-refractivity contribution is 5.86. The molecule has 2 aromatic heterocycles. The molecule has 2 atom stereocenters. The van der Waals surface area contributed by atoms with Gasteiger partial charge >= 0.3 is 5.97 Å². The molecule has 2 unspecified atom stereocenters. The quantitative estimate of drug-likeness (QED) is 0.909. The zero-order chi connectivity index (χ0) is 16.8. The molecule has 4 rings (SSSR count). The Morgan fingerprint density at radius 2 is 2.08 bits per heavy atom. The molecular weight excluding hydrogens is 318 g/mol. The van der Waals surface area contributed by atoms with Gasteiger partial charge in [-0.25, -0.2) is 18.6 Å². The number of anilines is 1. The summed E-state index contributed by atoms with van der Waals surface area (Å²) in [5, 5.41) is 12.8. The Balaban J connectivity index is 1.58. The lowest BCUT2D eigenvalue weighted by Gasteiger charge is -2.20. The maximum absolute atomic E-state index is 13.4. The number of halogens is 2. The molecule has 24 heavy (non-hydrogen) atoms. The molecule has 3 heterocycles. The van der Waals surface area contributed by atoms with E-state index >= 15 is 0 Å². The van der Waals surface area contributed by atoms with Crippen LogP contribution in [-0.2, 0) is 6.54 Å². The fraction of sp³-hybridized carbons (Fsp3) is 0.438. The Bertz CT molecular complexity index is 782. The first kappa shape index (κ1) is 15.0. The van der Waals surface area contributed by atoms with Gasteiger partial charge < -0.3 is 10.0 Å². The van der Waals surface area contributed by atoms with Gasteiger partial charge in [0.25, 0.3) is 6.43 Å².